The Kier molecular flexibility index (Phi) is 5.26. The fraction of sp³-hybridized carbons (Fsp3) is 0.500. The number of hydrogen-bond donors (Lipinski definition) is 2. The van der Waals surface area contributed by atoms with Gasteiger partial charge in [0.05, 0.1) is 37.5 Å². The Morgan fingerprint density at radius 2 is 1.83 bits per heavy atom. The summed E-state index contributed by atoms with van der Waals surface area (Å²) in [4.78, 5) is 55.1. The molecule has 1 aromatic heterocycles. The van der Waals surface area contributed by atoms with Crippen molar-refractivity contribution >= 4 is 40.9 Å². The number of H-pyrrole nitrogens is 1. The highest BCUT2D eigenvalue weighted by Gasteiger charge is 2.69. The SMILES string of the molecule is COc1ccc([C@@H]2c3sc(=O)[nH]c3S[C@@H]3[C@@H]4C[C@@H]([C@@H]5C(=O)N(CCC(=O)O)C(=O)[C@@H]45)[C@H]23)cc1OC. The zero-order chi connectivity index (χ0) is 24.6. The Bertz CT molecular complexity index is 1300. The number of carbonyl (C=O) groups excluding carboxylic acids is 2. The molecule has 2 aromatic rings. The number of hydrogen-bond acceptors (Lipinski definition) is 8. The summed E-state index contributed by atoms with van der Waals surface area (Å²) in [6.45, 7) is -0.0817. The average Bonchev–Trinajstić information content (AvgIpc) is 3.56. The highest BCUT2D eigenvalue weighted by molar-refractivity contribution is 8.00. The van der Waals surface area contributed by atoms with Gasteiger partial charge < -0.3 is 19.6 Å². The first-order valence-electron chi connectivity index (χ1n) is 11.5. The molecule has 3 fully saturated rings. The molecule has 2 aliphatic carbocycles. The van der Waals surface area contributed by atoms with Crippen LogP contribution in [0.3, 0.4) is 0 Å². The minimum atomic E-state index is -1.03. The number of aliphatic carboxylic acids is 1. The van der Waals surface area contributed by atoms with E-state index in [1.54, 1.807) is 26.0 Å². The number of benzene rings is 1. The smallest absolute Gasteiger partial charge is 0.305 e. The molecule has 1 saturated heterocycles. The minimum Gasteiger partial charge on any atom is -0.493 e. The summed E-state index contributed by atoms with van der Waals surface area (Å²) in [5.41, 5.74) is 0.984. The first kappa shape index (κ1) is 22.7. The van der Waals surface area contributed by atoms with Crippen LogP contribution in [0.15, 0.2) is 28.0 Å². The third kappa shape index (κ3) is 3.20. The van der Waals surface area contributed by atoms with E-state index in [-0.39, 0.29) is 58.6 Å². The predicted molar refractivity (Wildman–Crippen MR) is 127 cm³/mol. The van der Waals surface area contributed by atoms with Crippen molar-refractivity contribution in [2.45, 2.75) is 29.0 Å². The van der Waals surface area contributed by atoms with Crippen molar-refractivity contribution in [3.63, 3.8) is 0 Å². The van der Waals surface area contributed by atoms with E-state index in [9.17, 15) is 19.2 Å². The molecule has 6 rings (SSSR count). The number of amides is 2. The lowest BCUT2D eigenvalue weighted by atomic mass is 9.68. The predicted octanol–water partition coefficient (Wildman–Crippen LogP) is 2.40. The molecule has 0 unspecified atom stereocenters. The van der Waals surface area contributed by atoms with Crippen molar-refractivity contribution in [3.8, 4) is 11.5 Å². The van der Waals surface area contributed by atoms with Gasteiger partial charge in [0, 0.05) is 22.6 Å². The Balaban J connectivity index is 1.42. The summed E-state index contributed by atoms with van der Waals surface area (Å²) in [7, 11) is 3.16. The van der Waals surface area contributed by atoms with E-state index in [0.29, 0.717) is 11.5 Å². The van der Waals surface area contributed by atoms with Crippen LogP contribution in [0.25, 0.3) is 0 Å². The van der Waals surface area contributed by atoms with Crippen molar-refractivity contribution < 1.29 is 29.0 Å². The summed E-state index contributed by atoms with van der Waals surface area (Å²) in [5, 5.41) is 9.99. The summed E-state index contributed by atoms with van der Waals surface area (Å²) in [6.07, 6.45) is 0.533. The topological polar surface area (TPSA) is 126 Å². The Morgan fingerprint density at radius 1 is 1.11 bits per heavy atom. The molecule has 4 aliphatic rings. The number of methoxy groups -OCH3 is 2. The zero-order valence-corrected chi connectivity index (χ0v) is 20.7. The zero-order valence-electron chi connectivity index (χ0n) is 19.1. The van der Waals surface area contributed by atoms with Gasteiger partial charge in [0.25, 0.3) is 0 Å². The van der Waals surface area contributed by atoms with Gasteiger partial charge >= 0.3 is 10.8 Å². The molecule has 0 spiro atoms. The van der Waals surface area contributed by atoms with E-state index in [1.165, 1.54) is 16.2 Å². The number of carbonyl (C=O) groups is 3. The lowest BCUT2D eigenvalue weighted by molar-refractivity contribution is -0.142. The van der Waals surface area contributed by atoms with Crippen LogP contribution >= 0.6 is 23.1 Å². The first-order valence-corrected chi connectivity index (χ1v) is 13.2. The number of rotatable bonds is 6. The van der Waals surface area contributed by atoms with Gasteiger partial charge in [-0.2, -0.15) is 0 Å². The number of aromatic nitrogens is 1. The molecule has 2 bridgehead atoms. The number of carboxylic acid groups (broad SMARTS) is 1. The Morgan fingerprint density at radius 3 is 2.51 bits per heavy atom. The van der Waals surface area contributed by atoms with Crippen LogP contribution in [-0.4, -0.2) is 58.8 Å². The van der Waals surface area contributed by atoms with Gasteiger partial charge in [-0.25, -0.2) is 0 Å². The van der Waals surface area contributed by atoms with E-state index < -0.39 is 17.8 Å². The summed E-state index contributed by atoms with van der Waals surface area (Å²) in [5.74, 6) is -1.20. The van der Waals surface area contributed by atoms with Crippen molar-refractivity contribution in [2.24, 2.45) is 29.6 Å². The van der Waals surface area contributed by atoms with E-state index in [2.05, 4.69) is 4.98 Å². The third-order valence-corrected chi connectivity index (χ3v) is 10.7. The van der Waals surface area contributed by atoms with Crippen molar-refractivity contribution in [3.05, 3.63) is 38.3 Å². The van der Waals surface area contributed by atoms with Gasteiger partial charge in [0.15, 0.2) is 11.5 Å². The molecule has 2 aliphatic heterocycles. The maximum atomic E-state index is 13.4. The van der Waals surface area contributed by atoms with Gasteiger partial charge in [-0.1, -0.05) is 17.4 Å². The molecule has 3 heterocycles. The van der Waals surface area contributed by atoms with Crippen molar-refractivity contribution in [1.82, 2.24) is 9.88 Å². The van der Waals surface area contributed by atoms with Crippen molar-refractivity contribution in [1.29, 1.82) is 0 Å². The number of likely N-dealkylation sites (tertiary alicyclic amines) is 1. The highest BCUT2D eigenvalue weighted by Crippen LogP contribution is 2.68. The molecule has 11 heteroatoms. The largest absolute Gasteiger partial charge is 0.493 e. The molecular formula is C24H24N2O7S2. The molecule has 7 atom stereocenters. The molecule has 2 N–H and O–H groups in total. The summed E-state index contributed by atoms with van der Waals surface area (Å²) in [6, 6.07) is 5.78. The molecule has 1 aromatic carbocycles. The molecule has 2 amide bonds. The Hall–Kier alpha value is -2.79. The number of carboxylic acids is 1. The van der Waals surface area contributed by atoms with Gasteiger partial charge in [-0.15, -0.1) is 11.8 Å². The van der Waals surface area contributed by atoms with Crippen LogP contribution < -0.4 is 14.3 Å². The lowest BCUT2D eigenvalue weighted by Crippen LogP contribution is -2.42. The maximum Gasteiger partial charge on any atom is 0.305 e. The maximum absolute atomic E-state index is 13.4. The normalized spacial score (nSPS) is 32.4. The quantitative estimate of drug-likeness (QED) is 0.561. The molecule has 35 heavy (non-hydrogen) atoms. The second kappa shape index (κ2) is 8.12. The lowest BCUT2D eigenvalue weighted by Gasteiger charge is -2.43. The van der Waals surface area contributed by atoms with Crippen LogP contribution in [-0.2, 0) is 14.4 Å². The first-order chi connectivity index (χ1) is 16.8. The van der Waals surface area contributed by atoms with Crippen LogP contribution in [0.2, 0.25) is 0 Å². The van der Waals surface area contributed by atoms with E-state index >= 15 is 0 Å². The van der Waals surface area contributed by atoms with Gasteiger partial charge in [-0.3, -0.25) is 24.1 Å². The number of imide groups is 1. The number of aromatic amines is 1. The van der Waals surface area contributed by atoms with E-state index in [0.717, 1.165) is 21.9 Å². The molecule has 9 nitrogen and oxygen atoms in total. The molecular weight excluding hydrogens is 492 g/mol. The number of ether oxygens (including phenoxy) is 2. The third-order valence-electron chi connectivity index (χ3n) is 8.13. The number of thiazole rings is 1. The highest BCUT2D eigenvalue weighted by atomic mass is 32.2. The average molecular weight is 517 g/mol. The van der Waals surface area contributed by atoms with Gasteiger partial charge in [-0.05, 0) is 41.9 Å². The number of thioether (sulfide) groups is 1. The summed E-state index contributed by atoms with van der Waals surface area (Å²) < 4.78 is 11.0. The minimum absolute atomic E-state index is 0.00507. The summed E-state index contributed by atoms with van der Waals surface area (Å²) >= 11 is 2.82. The van der Waals surface area contributed by atoms with Crippen molar-refractivity contribution in [2.75, 3.05) is 20.8 Å². The van der Waals surface area contributed by atoms with Gasteiger partial charge in [0.2, 0.25) is 11.8 Å². The fourth-order valence-corrected chi connectivity index (χ4v) is 9.81. The number of nitrogens with zero attached hydrogens (tertiary/aromatic N) is 1. The van der Waals surface area contributed by atoms with E-state index in [4.69, 9.17) is 14.6 Å². The van der Waals surface area contributed by atoms with Crippen LogP contribution in [0, 0.1) is 29.6 Å². The van der Waals surface area contributed by atoms with Gasteiger partial charge in [0.1, 0.15) is 0 Å². The number of fused-ring (bicyclic) bond motifs is 9. The molecule has 2 saturated carbocycles. The second-order valence-corrected chi connectivity index (χ2v) is 11.7. The number of nitrogens with one attached hydrogen (secondary N) is 1. The van der Waals surface area contributed by atoms with E-state index in [1.807, 2.05) is 18.2 Å². The standard InChI is InChI=1S/C24H24N2O7S2/c1-32-12-4-3-9(7-13(12)33-2)15-16-10-8-11(19(16)34-21-20(15)35-24(31)25-21)18-17(10)22(29)26(23(18)30)6-5-14(27)28/h3-4,7,10-11,15-19H,5-6,8H2,1-2H3,(H,25,31)(H,27,28)/t10-,11-,15+,16-,17+,18+,19-/m1/s1. The second-order valence-electron chi connectivity index (χ2n) is 9.55. The fourth-order valence-electron chi connectivity index (χ4n) is 6.93. The van der Waals surface area contributed by atoms with Crippen LogP contribution in [0.4, 0.5) is 0 Å². The monoisotopic (exact) mass is 516 g/mol. The molecule has 184 valence electrons. The van der Waals surface area contributed by atoms with Crippen LogP contribution in [0.5, 0.6) is 11.5 Å². The Labute approximate surface area is 208 Å². The van der Waals surface area contributed by atoms with Crippen LogP contribution in [0.1, 0.15) is 29.2 Å². The molecule has 0 radical (unpaired) electrons.